The van der Waals surface area contributed by atoms with Crippen LogP contribution in [-0.4, -0.2) is 41.2 Å². The summed E-state index contributed by atoms with van der Waals surface area (Å²) in [7, 11) is 0. The van der Waals surface area contributed by atoms with Crippen molar-refractivity contribution in [3.63, 3.8) is 0 Å². The topological polar surface area (TPSA) is 67.6 Å². The smallest absolute Gasteiger partial charge is 0.410 e. The predicted octanol–water partition coefficient (Wildman–Crippen LogP) is 2.80. The number of carbonyl (C=O) groups excluding carboxylic acids is 1. The van der Waals surface area contributed by atoms with E-state index >= 15 is 0 Å². The van der Waals surface area contributed by atoms with Crippen LogP contribution in [0.25, 0.3) is 0 Å². The quantitative estimate of drug-likeness (QED) is 0.847. The first-order chi connectivity index (χ1) is 10.4. The molecule has 6 heteroatoms. The number of hydrogen-bond acceptors (Lipinski definition) is 5. The second-order valence-electron chi connectivity index (χ2n) is 6.87. The van der Waals surface area contributed by atoms with E-state index in [9.17, 15) is 4.79 Å². The molecule has 2 heterocycles. The first-order valence-corrected chi connectivity index (χ1v) is 8.00. The summed E-state index contributed by atoms with van der Waals surface area (Å²) in [5.41, 5.74) is -0.428. The van der Waals surface area contributed by atoms with Crippen molar-refractivity contribution in [1.29, 1.82) is 0 Å². The van der Waals surface area contributed by atoms with Gasteiger partial charge in [0, 0.05) is 13.1 Å². The summed E-state index contributed by atoms with van der Waals surface area (Å²) in [6.45, 7) is 8.91. The molecular formula is C16H27N3O3. The van der Waals surface area contributed by atoms with Crippen molar-refractivity contribution in [2.24, 2.45) is 5.92 Å². The van der Waals surface area contributed by atoms with E-state index in [0.29, 0.717) is 12.5 Å². The molecule has 0 aliphatic carbocycles. The number of aromatic nitrogens is 1. The van der Waals surface area contributed by atoms with Crippen LogP contribution in [0.5, 0.6) is 0 Å². The number of hydrogen-bond donors (Lipinski definition) is 1. The zero-order valence-electron chi connectivity index (χ0n) is 13.8. The maximum atomic E-state index is 12.1. The number of likely N-dealkylation sites (tertiary alicyclic amines) is 1. The molecular weight excluding hydrogens is 282 g/mol. The molecule has 0 bridgehead atoms. The van der Waals surface area contributed by atoms with E-state index in [2.05, 4.69) is 10.3 Å². The van der Waals surface area contributed by atoms with Crippen molar-refractivity contribution in [2.75, 3.05) is 19.6 Å². The molecule has 0 aromatic carbocycles. The lowest BCUT2D eigenvalue weighted by Gasteiger charge is -2.34. The highest BCUT2D eigenvalue weighted by Gasteiger charge is 2.27. The van der Waals surface area contributed by atoms with E-state index in [-0.39, 0.29) is 6.09 Å². The molecule has 1 aromatic heterocycles. The number of amides is 1. The third kappa shape index (κ3) is 5.67. The second kappa shape index (κ2) is 7.63. The zero-order valence-corrected chi connectivity index (χ0v) is 13.8. The Morgan fingerprint density at radius 2 is 2.36 bits per heavy atom. The van der Waals surface area contributed by atoms with E-state index in [1.54, 1.807) is 6.20 Å². The molecule has 1 aromatic rings. The Morgan fingerprint density at radius 3 is 3.05 bits per heavy atom. The molecule has 1 aliphatic rings. The van der Waals surface area contributed by atoms with Gasteiger partial charge in [0.15, 0.2) is 6.39 Å². The fourth-order valence-electron chi connectivity index (χ4n) is 2.64. The van der Waals surface area contributed by atoms with Crippen LogP contribution in [0.1, 0.15) is 45.8 Å². The van der Waals surface area contributed by atoms with E-state index in [0.717, 1.165) is 38.2 Å². The van der Waals surface area contributed by atoms with Gasteiger partial charge in [0.2, 0.25) is 0 Å². The van der Waals surface area contributed by atoms with Gasteiger partial charge in [-0.1, -0.05) is 0 Å². The number of piperidine rings is 1. The molecule has 6 nitrogen and oxygen atoms in total. The maximum absolute atomic E-state index is 12.1. The van der Waals surface area contributed by atoms with Gasteiger partial charge >= 0.3 is 6.09 Å². The summed E-state index contributed by atoms with van der Waals surface area (Å²) in [5, 5.41) is 3.35. The minimum atomic E-state index is -0.428. The fraction of sp³-hybridized carbons (Fsp3) is 0.750. The van der Waals surface area contributed by atoms with Gasteiger partial charge in [-0.05, 0) is 52.5 Å². The summed E-state index contributed by atoms with van der Waals surface area (Å²) in [4.78, 5) is 17.8. The number of ether oxygens (including phenoxy) is 1. The van der Waals surface area contributed by atoms with Crippen LogP contribution in [0, 0.1) is 5.92 Å². The Balaban J connectivity index is 1.68. The van der Waals surface area contributed by atoms with Gasteiger partial charge in [0.25, 0.3) is 0 Å². The Bertz CT molecular complexity index is 454. The normalized spacial score (nSPS) is 19.2. The molecule has 22 heavy (non-hydrogen) atoms. The highest BCUT2D eigenvalue weighted by Crippen LogP contribution is 2.21. The Labute approximate surface area is 132 Å². The maximum Gasteiger partial charge on any atom is 0.410 e. The van der Waals surface area contributed by atoms with Crippen LogP contribution < -0.4 is 5.32 Å². The molecule has 1 aliphatic heterocycles. The third-order valence-electron chi connectivity index (χ3n) is 3.68. The molecule has 0 spiro atoms. The van der Waals surface area contributed by atoms with Crippen molar-refractivity contribution in [2.45, 2.75) is 52.2 Å². The number of oxazole rings is 1. The molecule has 1 amide bonds. The van der Waals surface area contributed by atoms with E-state index in [1.165, 1.54) is 12.8 Å². The molecule has 1 N–H and O–H groups in total. The molecule has 1 saturated heterocycles. The lowest BCUT2D eigenvalue weighted by atomic mass is 9.95. The van der Waals surface area contributed by atoms with Crippen LogP contribution in [0.3, 0.4) is 0 Å². The Morgan fingerprint density at radius 1 is 1.55 bits per heavy atom. The lowest BCUT2D eigenvalue weighted by molar-refractivity contribution is 0.0162. The predicted molar refractivity (Wildman–Crippen MR) is 83.4 cm³/mol. The monoisotopic (exact) mass is 309 g/mol. The van der Waals surface area contributed by atoms with Crippen LogP contribution >= 0.6 is 0 Å². The standard InChI is InChI=1S/C16H27N3O3/c1-16(2,3)22-15(20)19-8-4-5-13(11-19)6-7-17-9-14-10-18-12-21-14/h10,12-13,17H,4-9,11H2,1-3H3. The fourth-order valence-corrected chi connectivity index (χ4v) is 2.64. The minimum Gasteiger partial charge on any atom is -0.447 e. The molecule has 1 atom stereocenters. The van der Waals surface area contributed by atoms with Gasteiger partial charge in [-0.15, -0.1) is 0 Å². The first kappa shape index (κ1) is 16.8. The molecule has 0 saturated carbocycles. The van der Waals surface area contributed by atoms with Crippen LogP contribution in [0.15, 0.2) is 17.0 Å². The number of carbonyl (C=O) groups is 1. The molecule has 1 unspecified atom stereocenters. The van der Waals surface area contributed by atoms with Gasteiger partial charge < -0.3 is 19.4 Å². The zero-order chi connectivity index (χ0) is 16.0. The highest BCUT2D eigenvalue weighted by atomic mass is 16.6. The van der Waals surface area contributed by atoms with Crippen molar-refractivity contribution >= 4 is 6.09 Å². The number of nitrogens with zero attached hydrogens (tertiary/aromatic N) is 2. The minimum absolute atomic E-state index is 0.188. The van der Waals surface area contributed by atoms with Gasteiger partial charge in [0.05, 0.1) is 12.7 Å². The van der Waals surface area contributed by atoms with E-state index in [4.69, 9.17) is 9.15 Å². The summed E-state index contributed by atoms with van der Waals surface area (Å²) >= 11 is 0. The van der Waals surface area contributed by atoms with Gasteiger partial charge in [-0.2, -0.15) is 0 Å². The summed E-state index contributed by atoms with van der Waals surface area (Å²) in [5.74, 6) is 1.38. The second-order valence-corrected chi connectivity index (χ2v) is 6.87. The van der Waals surface area contributed by atoms with Crippen LogP contribution in [0.2, 0.25) is 0 Å². The number of rotatable bonds is 5. The molecule has 1 fully saturated rings. The first-order valence-electron chi connectivity index (χ1n) is 8.00. The summed E-state index contributed by atoms with van der Waals surface area (Å²) < 4.78 is 10.6. The highest BCUT2D eigenvalue weighted by molar-refractivity contribution is 5.68. The average molecular weight is 309 g/mol. The Hall–Kier alpha value is -1.56. The van der Waals surface area contributed by atoms with E-state index in [1.807, 2.05) is 25.7 Å². The molecule has 124 valence electrons. The Kier molecular flexibility index (Phi) is 5.83. The van der Waals surface area contributed by atoms with Crippen molar-refractivity contribution in [1.82, 2.24) is 15.2 Å². The summed E-state index contributed by atoms with van der Waals surface area (Å²) in [6, 6.07) is 0. The lowest BCUT2D eigenvalue weighted by Crippen LogP contribution is -2.43. The van der Waals surface area contributed by atoms with Gasteiger partial charge in [-0.3, -0.25) is 0 Å². The SMILES string of the molecule is CC(C)(C)OC(=O)N1CCCC(CCNCc2cnco2)C1. The largest absolute Gasteiger partial charge is 0.447 e. The summed E-state index contributed by atoms with van der Waals surface area (Å²) in [6.07, 6.45) is 6.24. The number of nitrogens with one attached hydrogen (secondary N) is 1. The third-order valence-corrected chi connectivity index (χ3v) is 3.68. The average Bonchev–Trinajstić information content (AvgIpc) is 2.95. The van der Waals surface area contributed by atoms with Crippen molar-refractivity contribution < 1.29 is 13.9 Å². The molecule has 2 rings (SSSR count). The molecule has 0 radical (unpaired) electrons. The van der Waals surface area contributed by atoms with E-state index < -0.39 is 5.60 Å². The van der Waals surface area contributed by atoms with Gasteiger partial charge in [-0.25, -0.2) is 9.78 Å². The van der Waals surface area contributed by atoms with Crippen molar-refractivity contribution in [3.8, 4) is 0 Å². The van der Waals surface area contributed by atoms with Crippen LogP contribution in [0.4, 0.5) is 4.79 Å². The van der Waals surface area contributed by atoms with Crippen molar-refractivity contribution in [3.05, 3.63) is 18.4 Å². The van der Waals surface area contributed by atoms with Gasteiger partial charge in [0.1, 0.15) is 11.4 Å². The van der Waals surface area contributed by atoms with Crippen LogP contribution in [-0.2, 0) is 11.3 Å².